The van der Waals surface area contributed by atoms with Crippen molar-refractivity contribution in [3.8, 4) is 0 Å². The van der Waals surface area contributed by atoms with E-state index in [1.165, 1.54) is 51.4 Å². The van der Waals surface area contributed by atoms with E-state index in [1.54, 1.807) is 0 Å². The Balaban J connectivity index is 1.88. The minimum atomic E-state index is -0.753. The molecule has 0 saturated heterocycles. The van der Waals surface area contributed by atoms with E-state index in [-0.39, 0.29) is 18.0 Å². The average molecular weight is 381 g/mol. The molecular formula is C23H40O4. The number of hydrogen-bond acceptors (Lipinski definition) is 3. The molecule has 2 rings (SSSR count). The van der Waals surface area contributed by atoms with Crippen LogP contribution in [0.2, 0.25) is 0 Å². The summed E-state index contributed by atoms with van der Waals surface area (Å²) in [5.74, 6) is 1.43. The lowest BCUT2D eigenvalue weighted by Gasteiger charge is -2.39. The molecule has 0 radical (unpaired) electrons. The summed E-state index contributed by atoms with van der Waals surface area (Å²) in [7, 11) is 0. The van der Waals surface area contributed by atoms with Gasteiger partial charge in [0.2, 0.25) is 0 Å². The van der Waals surface area contributed by atoms with Gasteiger partial charge in [0.15, 0.2) is 0 Å². The van der Waals surface area contributed by atoms with Gasteiger partial charge in [0.05, 0.1) is 5.92 Å². The van der Waals surface area contributed by atoms with Crippen LogP contribution in [-0.2, 0) is 14.3 Å². The quantitative estimate of drug-likeness (QED) is 0.511. The van der Waals surface area contributed by atoms with Gasteiger partial charge < -0.3 is 9.84 Å². The summed E-state index contributed by atoms with van der Waals surface area (Å²) in [5, 5.41) is 9.15. The minimum absolute atomic E-state index is 0.0824. The molecule has 1 atom stereocenters. The molecule has 0 amide bonds. The van der Waals surface area contributed by atoms with E-state index < -0.39 is 5.97 Å². The number of carbonyl (C=O) groups excluding carboxylic acids is 1. The summed E-state index contributed by atoms with van der Waals surface area (Å²) >= 11 is 0. The Morgan fingerprint density at radius 1 is 0.926 bits per heavy atom. The van der Waals surface area contributed by atoms with Gasteiger partial charge in [-0.2, -0.15) is 0 Å². The summed E-state index contributed by atoms with van der Waals surface area (Å²) in [6.45, 7) is 6.54. The van der Waals surface area contributed by atoms with Crippen LogP contribution in [0.25, 0.3) is 0 Å². The molecule has 2 fully saturated rings. The second-order valence-electron chi connectivity index (χ2n) is 9.33. The Labute approximate surface area is 165 Å². The first-order chi connectivity index (χ1) is 12.9. The van der Waals surface area contributed by atoms with E-state index in [9.17, 15) is 9.59 Å². The number of carboxylic acid groups (broad SMARTS) is 1. The number of ether oxygens (including phenoxy) is 1. The van der Waals surface area contributed by atoms with Gasteiger partial charge >= 0.3 is 11.9 Å². The molecule has 27 heavy (non-hydrogen) atoms. The van der Waals surface area contributed by atoms with Crippen molar-refractivity contribution in [2.24, 2.45) is 29.6 Å². The van der Waals surface area contributed by atoms with Gasteiger partial charge in [-0.1, -0.05) is 46.5 Å². The smallest absolute Gasteiger partial charge is 0.306 e. The van der Waals surface area contributed by atoms with E-state index in [1.807, 2.05) is 6.92 Å². The summed E-state index contributed by atoms with van der Waals surface area (Å²) in [6, 6.07) is 0. The lowest BCUT2D eigenvalue weighted by atomic mass is 9.72. The van der Waals surface area contributed by atoms with Crippen LogP contribution >= 0.6 is 0 Å². The lowest BCUT2D eigenvalue weighted by molar-refractivity contribution is -0.158. The van der Waals surface area contributed by atoms with E-state index >= 15 is 0 Å². The van der Waals surface area contributed by atoms with Crippen LogP contribution in [0.3, 0.4) is 0 Å². The molecule has 0 bridgehead atoms. The highest BCUT2D eigenvalue weighted by atomic mass is 16.5. The highest BCUT2D eigenvalue weighted by Crippen LogP contribution is 2.40. The Kier molecular flexibility index (Phi) is 9.11. The Hall–Kier alpha value is -1.06. The van der Waals surface area contributed by atoms with Crippen molar-refractivity contribution >= 4 is 11.9 Å². The molecule has 0 aromatic rings. The molecule has 4 nitrogen and oxygen atoms in total. The Morgan fingerprint density at radius 3 is 1.81 bits per heavy atom. The van der Waals surface area contributed by atoms with Gasteiger partial charge in [0, 0.05) is 6.42 Å². The maximum atomic E-state index is 12.5. The van der Waals surface area contributed by atoms with Gasteiger partial charge in [-0.05, 0) is 68.6 Å². The van der Waals surface area contributed by atoms with Crippen molar-refractivity contribution in [2.45, 2.75) is 104 Å². The van der Waals surface area contributed by atoms with E-state index in [0.717, 1.165) is 11.8 Å². The van der Waals surface area contributed by atoms with Gasteiger partial charge in [-0.25, -0.2) is 0 Å². The molecule has 1 unspecified atom stereocenters. The van der Waals surface area contributed by atoms with Crippen LogP contribution in [-0.4, -0.2) is 23.1 Å². The van der Waals surface area contributed by atoms with Crippen molar-refractivity contribution in [2.75, 3.05) is 0 Å². The third kappa shape index (κ3) is 7.12. The Bertz CT molecular complexity index is 437. The molecule has 4 heteroatoms. The van der Waals surface area contributed by atoms with Crippen LogP contribution in [0.5, 0.6) is 0 Å². The van der Waals surface area contributed by atoms with Crippen LogP contribution in [0.4, 0.5) is 0 Å². The van der Waals surface area contributed by atoms with Crippen LogP contribution in [0, 0.1) is 29.6 Å². The number of aliphatic carboxylic acids is 1. The average Bonchev–Trinajstić information content (AvgIpc) is 2.64. The van der Waals surface area contributed by atoms with Crippen LogP contribution < -0.4 is 0 Å². The highest BCUT2D eigenvalue weighted by Gasteiger charge is 2.36. The van der Waals surface area contributed by atoms with E-state index in [2.05, 4.69) is 13.8 Å². The standard InChI is InChI=1S/C23H40O4/c1-4-18(23(25)26)6-5-7-21(24)27-22(19-12-8-16(2)9-13-19)20-14-10-17(3)11-15-20/h16-20,22H,4-15H2,1-3H3,(H,25,26). The van der Waals surface area contributed by atoms with Crippen molar-refractivity contribution in [3.05, 3.63) is 0 Å². The van der Waals surface area contributed by atoms with Gasteiger partial charge in [-0.15, -0.1) is 0 Å². The maximum Gasteiger partial charge on any atom is 0.306 e. The second kappa shape index (κ2) is 11.1. The first-order valence-electron chi connectivity index (χ1n) is 11.3. The molecule has 0 aromatic carbocycles. The zero-order chi connectivity index (χ0) is 19.8. The molecule has 0 heterocycles. The third-order valence-corrected chi connectivity index (χ3v) is 7.09. The fourth-order valence-corrected chi connectivity index (χ4v) is 5.01. The SMILES string of the molecule is CCC(CCCC(=O)OC(C1CCC(C)CC1)C1CCC(C)CC1)C(=O)O. The number of carbonyl (C=O) groups is 2. The van der Waals surface area contributed by atoms with Crippen molar-refractivity contribution in [1.29, 1.82) is 0 Å². The summed E-state index contributed by atoms with van der Waals surface area (Å²) < 4.78 is 6.09. The predicted octanol–water partition coefficient (Wildman–Crippen LogP) is 5.83. The summed E-state index contributed by atoms with van der Waals surface area (Å²) in [6.07, 6.45) is 12.0. The number of carboxylic acids is 1. The van der Waals surface area contributed by atoms with Gasteiger partial charge in [0.1, 0.15) is 6.10 Å². The molecule has 156 valence electrons. The largest absolute Gasteiger partial charge is 0.481 e. The van der Waals surface area contributed by atoms with Crippen molar-refractivity contribution < 1.29 is 19.4 Å². The number of hydrogen-bond donors (Lipinski definition) is 1. The monoisotopic (exact) mass is 380 g/mol. The predicted molar refractivity (Wildman–Crippen MR) is 107 cm³/mol. The number of esters is 1. The van der Waals surface area contributed by atoms with Crippen LogP contribution in [0.1, 0.15) is 97.8 Å². The zero-order valence-corrected chi connectivity index (χ0v) is 17.6. The molecule has 1 N–H and O–H groups in total. The number of rotatable bonds is 9. The molecular weight excluding hydrogens is 340 g/mol. The maximum absolute atomic E-state index is 12.5. The van der Waals surface area contributed by atoms with E-state index in [4.69, 9.17) is 9.84 Å². The zero-order valence-electron chi connectivity index (χ0n) is 17.6. The fraction of sp³-hybridized carbons (Fsp3) is 0.913. The topological polar surface area (TPSA) is 63.6 Å². The molecule has 2 aliphatic carbocycles. The first kappa shape index (κ1) is 22.2. The highest BCUT2D eigenvalue weighted by molar-refractivity contribution is 5.71. The molecule has 0 aliphatic heterocycles. The molecule has 0 aromatic heterocycles. The lowest BCUT2D eigenvalue weighted by Crippen LogP contribution is -2.38. The normalized spacial score (nSPS) is 31.1. The van der Waals surface area contributed by atoms with Gasteiger partial charge in [0.25, 0.3) is 0 Å². The Morgan fingerprint density at radius 2 is 1.41 bits per heavy atom. The summed E-state index contributed by atoms with van der Waals surface area (Å²) in [4.78, 5) is 23.7. The second-order valence-corrected chi connectivity index (χ2v) is 9.33. The van der Waals surface area contributed by atoms with Crippen molar-refractivity contribution in [1.82, 2.24) is 0 Å². The summed E-state index contributed by atoms with van der Waals surface area (Å²) in [5.41, 5.74) is 0. The molecule has 2 aliphatic rings. The third-order valence-electron chi connectivity index (χ3n) is 7.09. The van der Waals surface area contributed by atoms with E-state index in [0.29, 0.717) is 37.5 Å². The molecule has 2 saturated carbocycles. The van der Waals surface area contributed by atoms with Crippen LogP contribution in [0.15, 0.2) is 0 Å². The fourth-order valence-electron chi connectivity index (χ4n) is 5.01. The first-order valence-corrected chi connectivity index (χ1v) is 11.3. The van der Waals surface area contributed by atoms with Crippen molar-refractivity contribution in [3.63, 3.8) is 0 Å². The molecule has 0 spiro atoms. The minimum Gasteiger partial charge on any atom is -0.481 e. The van der Waals surface area contributed by atoms with Gasteiger partial charge in [-0.3, -0.25) is 9.59 Å².